The molecule has 1 aliphatic rings. The predicted octanol–water partition coefficient (Wildman–Crippen LogP) is 3.11. The maximum atomic E-state index is 13.3. The smallest absolute Gasteiger partial charge is 0.373 e. The van der Waals surface area contributed by atoms with Crippen molar-refractivity contribution in [2.24, 2.45) is 0 Å². The highest BCUT2D eigenvalue weighted by atomic mass is 19.4. The largest absolute Gasteiger partial charge is 0.419 e. The first-order valence-corrected chi connectivity index (χ1v) is 6.15. The number of benzene rings is 1. The highest BCUT2D eigenvalue weighted by Gasteiger charge is 2.33. The normalized spacial score (nSPS) is 17.7. The van der Waals surface area contributed by atoms with Crippen LogP contribution in [0.1, 0.15) is 24.0 Å². The third-order valence-electron chi connectivity index (χ3n) is 3.11. The molecule has 0 bridgehead atoms. The summed E-state index contributed by atoms with van der Waals surface area (Å²) in [5.74, 6) is -1.25. The zero-order valence-electron chi connectivity index (χ0n) is 10.3. The van der Waals surface area contributed by atoms with Crippen molar-refractivity contribution >= 4 is 0 Å². The van der Waals surface area contributed by atoms with Gasteiger partial charge in [-0.05, 0) is 43.6 Å². The van der Waals surface area contributed by atoms with Crippen molar-refractivity contribution in [2.75, 3.05) is 13.1 Å². The molecule has 1 N–H and O–H groups in total. The van der Waals surface area contributed by atoms with Gasteiger partial charge in [0.05, 0.1) is 18.3 Å². The zero-order chi connectivity index (χ0) is 13.9. The second-order valence-electron chi connectivity index (χ2n) is 4.57. The van der Waals surface area contributed by atoms with Crippen molar-refractivity contribution in [1.29, 1.82) is 0 Å². The van der Waals surface area contributed by atoms with Crippen molar-refractivity contribution in [3.8, 4) is 0 Å². The summed E-state index contributed by atoms with van der Waals surface area (Å²) in [5, 5.41) is 3.18. The Bertz CT molecular complexity index is 427. The summed E-state index contributed by atoms with van der Waals surface area (Å²) in [5.41, 5.74) is -0.817. The average Bonchev–Trinajstić information content (AvgIpc) is 2.36. The number of piperidine rings is 1. The third-order valence-corrected chi connectivity index (χ3v) is 3.11. The van der Waals surface area contributed by atoms with Crippen molar-refractivity contribution in [1.82, 2.24) is 5.32 Å². The Labute approximate surface area is 108 Å². The number of hydrogen-bond acceptors (Lipinski definition) is 2. The SMILES string of the molecule is Fc1cc(COC2CCNCC2)ccc1C(F)(F)F. The molecule has 0 aliphatic carbocycles. The summed E-state index contributed by atoms with van der Waals surface area (Å²) in [6.45, 7) is 1.87. The van der Waals surface area contributed by atoms with E-state index in [1.807, 2.05) is 0 Å². The van der Waals surface area contributed by atoms with E-state index in [1.54, 1.807) is 0 Å². The topological polar surface area (TPSA) is 21.3 Å². The van der Waals surface area contributed by atoms with Crippen LogP contribution in [0.25, 0.3) is 0 Å². The fourth-order valence-electron chi connectivity index (χ4n) is 2.05. The van der Waals surface area contributed by atoms with E-state index in [-0.39, 0.29) is 12.7 Å². The van der Waals surface area contributed by atoms with Crippen LogP contribution in [0, 0.1) is 5.82 Å². The molecule has 0 amide bonds. The van der Waals surface area contributed by atoms with Crippen LogP contribution in [-0.4, -0.2) is 19.2 Å². The Morgan fingerprint density at radius 3 is 2.47 bits per heavy atom. The van der Waals surface area contributed by atoms with Crippen LogP contribution < -0.4 is 5.32 Å². The van der Waals surface area contributed by atoms with Crippen LogP contribution in [0.5, 0.6) is 0 Å². The fraction of sp³-hybridized carbons (Fsp3) is 0.538. The molecule has 19 heavy (non-hydrogen) atoms. The maximum Gasteiger partial charge on any atom is 0.419 e. The number of alkyl halides is 3. The van der Waals surface area contributed by atoms with Crippen LogP contribution >= 0.6 is 0 Å². The van der Waals surface area contributed by atoms with Gasteiger partial charge in [0, 0.05) is 0 Å². The molecule has 1 saturated heterocycles. The van der Waals surface area contributed by atoms with Gasteiger partial charge in [-0.15, -0.1) is 0 Å². The Morgan fingerprint density at radius 2 is 1.89 bits per heavy atom. The third kappa shape index (κ3) is 3.91. The van der Waals surface area contributed by atoms with Crippen molar-refractivity contribution in [2.45, 2.75) is 31.7 Å². The average molecular weight is 277 g/mol. The van der Waals surface area contributed by atoms with Crippen LogP contribution in [0.3, 0.4) is 0 Å². The minimum Gasteiger partial charge on any atom is -0.373 e. The summed E-state index contributed by atoms with van der Waals surface area (Å²) in [6.07, 6.45) is -2.84. The number of ether oxygens (including phenoxy) is 1. The summed E-state index contributed by atoms with van der Waals surface area (Å²) in [4.78, 5) is 0. The van der Waals surface area contributed by atoms with E-state index in [0.29, 0.717) is 5.56 Å². The molecule has 6 heteroatoms. The molecule has 0 radical (unpaired) electrons. The van der Waals surface area contributed by atoms with E-state index in [0.717, 1.165) is 38.1 Å². The van der Waals surface area contributed by atoms with E-state index < -0.39 is 17.6 Å². The number of halogens is 4. The molecule has 1 aliphatic heterocycles. The van der Waals surface area contributed by atoms with Gasteiger partial charge < -0.3 is 10.1 Å². The monoisotopic (exact) mass is 277 g/mol. The molecule has 1 fully saturated rings. The van der Waals surface area contributed by atoms with Crippen molar-refractivity contribution < 1.29 is 22.3 Å². The molecule has 0 atom stereocenters. The molecule has 1 aromatic carbocycles. The lowest BCUT2D eigenvalue weighted by Crippen LogP contribution is -2.32. The van der Waals surface area contributed by atoms with E-state index in [2.05, 4.69) is 5.32 Å². The van der Waals surface area contributed by atoms with E-state index in [9.17, 15) is 17.6 Å². The molecule has 0 saturated carbocycles. The zero-order valence-corrected chi connectivity index (χ0v) is 10.3. The second kappa shape index (κ2) is 5.88. The molecule has 106 valence electrons. The Hall–Kier alpha value is -1.14. The summed E-state index contributed by atoms with van der Waals surface area (Å²) in [7, 11) is 0. The Balaban J connectivity index is 1.96. The van der Waals surface area contributed by atoms with Gasteiger partial charge in [0.15, 0.2) is 0 Å². The molecule has 0 unspecified atom stereocenters. The molecular formula is C13H15F4NO. The minimum absolute atomic E-state index is 0.0894. The number of nitrogens with one attached hydrogen (secondary N) is 1. The van der Waals surface area contributed by atoms with E-state index in [4.69, 9.17) is 4.74 Å². The minimum atomic E-state index is -4.65. The molecule has 0 spiro atoms. The molecule has 1 heterocycles. The van der Waals surface area contributed by atoms with E-state index >= 15 is 0 Å². The molecule has 1 aromatic rings. The van der Waals surface area contributed by atoms with Gasteiger partial charge in [-0.1, -0.05) is 6.07 Å². The van der Waals surface area contributed by atoms with Gasteiger partial charge in [0.25, 0.3) is 0 Å². The standard InChI is InChI=1S/C13H15F4NO/c14-12-7-9(1-2-11(12)13(15,16)17)8-19-10-3-5-18-6-4-10/h1-2,7,10,18H,3-6,8H2. The van der Waals surface area contributed by atoms with Crippen molar-refractivity contribution in [3.63, 3.8) is 0 Å². The molecule has 0 aromatic heterocycles. The molecule has 2 rings (SSSR count). The lowest BCUT2D eigenvalue weighted by atomic mass is 10.1. The lowest BCUT2D eigenvalue weighted by Gasteiger charge is -2.23. The van der Waals surface area contributed by atoms with Crippen LogP contribution in [-0.2, 0) is 17.5 Å². The lowest BCUT2D eigenvalue weighted by molar-refractivity contribution is -0.140. The fourth-order valence-corrected chi connectivity index (χ4v) is 2.05. The van der Waals surface area contributed by atoms with Crippen LogP contribution in [0.2, 0.25) is 0 Å². The van der Waals surface area contributed by atoms with Gasteiger partial charge in [-0.3, -0.25) is 0 Å². The van der Waals surface area contributed by atoms with Gasteiger partial charge >= 0.3 is 6.18 Å². The van der Waals surface area contributed by atoms with Crippen LogP contribution in [0.15, 0.2) is 18.2 Å². The predicted molar refractivity (Wildman–Crippen MR) is 62.1 cm³/mol. The highest BCUT2D eigenvalue weighted by molar-refractivity contribution is 5.26. The molecule has 2 nitrogen and oxygen atoms in total. The second-order valence-corrected chi connectivity index (χ2v) is 4.57. The number of rotatable bonds is 3. The first-order valence-electron chi connectivity index (χ1n) is 6.15. The van der Waals surface area contributed by atoms with Crippen LogP contribution in [0.4, 0.5) is 17.6 Å². The summed E-state index contributed by atoms with van der Waals surface area (Å²) >= 11 is 0. The maximum absolute atomic E-state index is 13.3. The Kier molecular flexibility index (Phi) is 4.42. The van der Waals surface area contributed by atoms with E-state index in [1.165, 1.54) is 6.07 Å². The summed E-state index contributed by atoms with van der Waals surface area (Å²) < 4.78 is 56.0. The number of hydrogen-bond donors (Lipinski definition) is 1. The Morgan fingerprint density at radius 1 is 1.21 bits per heavy atom. The first kappa shape index (κ1) is 14.3. The molecular weight excluding hydrogens is 262 g/mol. The first-order chi connectivity index (χ1) is 8.97. The quantitative estimate of drug-likeness (QED) is 0.857. The van der Waals surface area contributed by atoms with Gasteiger partial charge in [-0.2, -0.15) is 13.2 Å². The van der Waals surface area contributed by atoms with Gasteiger partial charge in [-0.25, -0.2) is 4.39 Å². The van der Waals surface area contributed by atoms with Crippen molar-refractivity contribution in [3.05, 3.63) is 35.1 Å². The summed E-state index contributed by atoms with van der Waals surface area (Å²) in [6, 6.07) is 2.91. The van der Waals surface area contributed by atoms with Gasteiger partial charge in [0.1, 0.15) is 5.82 Å². The van der Waals surface area contributed by atoms with Gasteiger partial charge in [0.2, 0.25) is 0 Å². The highest BCUT2D eigenvalue weighted by Crippen LogP contribution is 2.31.